The van der Waals surface area contributed by atoms with E-state index in [1.807, 2.05) is 0 Å². The summed E-state index contributed by atoms with van der Waals surface area (Å²) in [5, 5.41) is 9.63. The van der Waals surface area contributed by atoms with Crippen LogP contribution >= 0.6 is 0 Å². The van der Waals surface area contributed by atoms with E-state index in [1.54, 1.807) is 0 Å². The van der Waals surface area contributed by atoms with Gasteiger partial charge in [-0.2, -0.15) is 0 Å². The van der Waals surface area contributed by atoms with E-state index in [9.17, 15) is 0 Å². The van der Waals surface area contributed by atoms with E-state index in [4.69, 9.17) is 0 Å². The van der Waals surface area contributed by atoms with Gasteiger partial charge in [-0.25, -0.2) is 0 Å². The summed E-state index contributed by atoms with van der Waals surface area (Å²) in [6.07, 6.45) is 0. The Morgan fingerprint density at radius 1 is 0.230 bits per heavy atom. The molecule has 0 saturated carbocycles. The molecule has 0 bridgehead atoms. The van der Waals surface area contributed by atoms with Gasteiger partial charge in [0, 0.05) is 100.0 Å². The summed E-state index contributed by atoms with van der Waals surface area (Å²) in [5.74, 6) is 0. The Kier molecular flexibility index (Phi) is 13.9. The zero-order valence-electron chi connectivity index (χ0n) is 55.7. The minimum Gasteiger partial charge on any atom is -0.310 e. The number of aromatic nitrogens is 4. The molecule has 4 aromatic heterocycles. The first-order chi connectivity index (χ1) is 49.4. The molecule has 0 unspecified atom stereocenters. The first-order valence-corrected chi connectivity index (χ1v) is 34.6. The Bertz CT molecular complexity index is 5870. The molecule has 0 atom stereocenters. The molecular formula is C93H67BN6. The lowest BCUT2D eigenvalue weighted by Gasteiger charge is -2.25. The van der Waals surface area contributed by atoms with Gasteiger partial charge in [0.2, 0.25) is 6.71 Å². The predicted molar refractivity (Wildman–Crippen MR) is 425 cm³/mol. The number of nitrogens with zero attached hydrogens (tertiary/aromatic N) is 6. The van der Waals surface area contributed by atoms with E-state index >= 15 is 0 Å². The SMILES string of the molecule is Cc1cc(C)c(B(c2ccc(-n3c4ccc(N(c5ccccc5)c5ccccc5)cc4c4ccc5c(c6ccccc6n5-c5ccccc5)c43)cc2)c2ccc(-n3c4ccc(N(c5ccccc5)c5ccccc5)cc4c4ccc5c(c6ccccc6n5-c5ccccc5)c43)cc2)c(C)c1. The van der Waals surface area contributed by atoms with Crippen molar-refractivity contribution in [3.63, 3.8) is 0 Å². The number of para-hydroxylation sites is 8. The van der Waals surface area contributed by atoms with E-state index in [2.05, 4.69) is 401 Å². The number of hydrogen-bond donors (Lipinski definition) is 0. The Morgan fingerprint density at radius 2 is 0.540 bits per heavy atom. The second-order valence-corrected chi connectivity index (χ2v) is 26.6. The Labute approximate surface area is 581 Å². The van der Waals surface area contributed by atoms with Gasteiger partial charge in [0.1, 0.15) is 0 Å². The Hall–Kier alpha value is -12.8. The average molecular weight is 1280 g/mol. The van der Waals surface area contributed by atoms with Crippen LogP contribution in [0.15, 0.2) is 352 Å². The normalized spacial score (nSPS) is 11.8. The third-order valence-electron chi connectivity index (χ3n) is 20.7. The van der Waals surface area contributed by atoms with Crippen molar-refractivity contribution in [2.75, 3.05) is 9.80 Å². The number of hydrogen-bond acceptors (Lipinski definition) is 2. The number of benzene rings is 15. The van der Waals surface area contributed by atoms with Crippen LogP contribution in [0.3, 0.4) is 0 Å². The van der Waals surface area contributed by atoms with Gasteiger partial charge in [0.05, 0.1) is 44.1 Å². The summed E-state index contributed by atoms with van der Waals surface area (Å²) in [4.78, 5) is 4.74. The molecule has 19 aromatic rings. The molecule has 0 fully saturated rings. The summed E-state index contributed by atoms with van der Waals surface area (Å²) in [5.41, 5.74) is 28.0. The summed E-state index contributed by atoms with van der Waals surface area (Å²) >= 11 is 0. The van der Waals surface area contributed by atoms with Crippen molar-refractivity contribution in [2.45, 2.75) is 20.8 Å². The summed E-state index contributed by atoms with van der Waals surface area (Å²) in [6, 6.07) is 130. The quantitative estimate of drug-likeness (QED) is 0.108. The molecule has 0 aliphatic rings. The lowest BCUT2D eigenvalue weighted by molar-refractivity contribution is 1.17. The van der Waals surface area contributed by atoms with Crippen molar-refractivity contribution in [2.24, 2.45) is 0 Å². The minimum atomic E-state index is -0.0832. The van der Waals surface area contributed by atoms with Crippen LogP contribution in [0, 0.1) is 20.8 Å². The van der Waals surface area contributed by atoms with Crippen LogP contribution < -0.4 is 26.2 Å². The standard InChI is InChI=1S/C93H67BN6/c1-62-58-63(2)91(64(3)59-62)94(65-42-46-73(47-43-65)99-85-54-50-75(95(67-26-10-4-11-27-67)68-28-12-5-13-29-68)60-81(85)77-52-56-87-89(92(77)99)79-38-22-24-40-83(79)97(87)71-34-18-8-19-35-71)66-44-48-74(49-45-66)100-86-55-51-76(96(69-30-14-6-15-31-69)70-32-16-7-17-33-70)61-82(86)78-53-57-88-90(93(78)100)80-39-23-25-41-84(80)98(88)72-36-20-9-21-37-72/h4-61H,1-3H3. The van der Waals surface area contributed by atoms with Gasteiger partial charge >= 0.3 is 0 Å². The third kappa shape index (κ3) is 9.41. The minimum absolute atomic E-state index is 0.0832. The highest BCUT2D eigenvalue weighted by Gasteiger charge is 2.29. The molecule has 472 valence electrons. The van der Waals surface area contributed by atoms with E-state index < -0.39 is 0 Å². The predicted octanol–water partition coefficient (Wildman–Crippen LogP) is 22.5. The molecule has 100 heavy (non-hydrogen) atoms. The Balaban J connectivity index is 0.803. The van der Waals surface area contributed by atoms with Crippen LogP contribution in [0.25, 0.3) is 110 Å². The highest BCUT2D eigenvalue weighted by Crippen LogP contribution is 2.47. The summed E-state index contributed by atoms with van der Waals surface area (Å²) < 4.78 is 9.94. The van der Waals surface area contributed by atoms with Crippen molar-refractivity contribution in [3.8, 4) is 22.7 Å². The molecule has 0 spiro atoms. The van der Waals surface area contributed by atoms with Gasteiger partial charge in [-0.1, -0.05) is 227 Å². The summed E-state index contributed by atoms with van der Waals surface area (Å²) in [7, 11) is 0. The van der Waals surface area contributed by atoms with Crippen LogP contribution in [0.4, 0.5) is 34.1 Å². The molecule has 19 rings (SSSR count). The molecular weight excluding hydrogens is 1210 g/mol. The van der Waals surface area contributed by atoms with Crippen LogP contribution in [0.5, 0.6) is 0 Å². The van der Waals surface area contributed by atoms with Crippen molar-refractivity contribution in [1.82, 2.24) is 18.3 Å². The number of aryl methyl sites for hydroxylation is 3. The van der Waals surface area contributed by atoms with Crippen LogP contribution in [0.1, 0.15) is 16.7 Å². The smallest absolute Gasteiger partial charge is 0.241 e. The fraction of sp³-hybridized carbons (Fsp3) is 0.0323. The molecule has 0 aliphatic heterocycles. The third-order valence-corrected chi connectivity index (χ3v) is 20.7. The van der Waals surface area contributed by atoms with Crippen LogP contribution in [-0.4, -0.2) is 25.0 Å². The van der Waals surface area contributed by atoms with E-state index in [-0.39, 0.29) is 6.71 Å². The average Bonchev–Trinajstić information content (AvgIpc) is 1.55. The van der Waals surface area contributed by atoms with Crippen LogP contribution in [-0.2, 0) is 0 Å². The molecule has 0 amide bonds. The lowest BCUT2D eigenvalue weighted by Crippen LogP contribution is -2.54. The zero-order valence-corrected chi connectivity index (χ0v) is 55.7. The van der Waals surface area contributed by atoms with Gasteiger partial charge in [-0.3, -0.25) is 0 Å². The fourth-order valence-corrected chi connectivity index (χ4v) is 16.6. The van der Waals surface area contributed by atoms with Crippen molar-refractivity contribution in [3.05, 3.63) is 369 Å². The molecule has 0 radical (unpaired) electrons. The molecule has 0 aliphatic carbocycles. The molecule has 7 heteroatoms. The van der Waals surface area contributed by atoms with Gasteiger partial charge in [0.25, 0.3) is 0 Å². The first kappa shape index (κ1) is 58.5. The maximum atomic E-state index is 2.54. The van der Waals surface area contributed by atoms with Gasteiger partial charge in [-0.05, 0) is 178 Å². The second-order valence-electron chi connectivity index (χ2n) is 26.6. The molecule has 15 aromatic carbocycles. The molecule has 0 N–H and O–H groups in total. The van der Waals surface area contributed by atoms with Gasteiger partial charge < -0.3 is 28.1 Å². The van der Waals surface area contributed by atoms with Crippen LogP contribution in [0.2, 0.25) is 0 Å². The molecule has 0 saturated heterocycles. The first-order valence-electron chi connectivity index (χ1n) is 34.6. The second kappa shape index (κ2) is 23.8. The van der Waals surface area contributed by atoms with E-state index in [1.165, 1.54) is 98.2 Å². The van der Waals surface area contributed by atoms with Crippen molar-refractivity contribution in [1.29, 1.82) is 0 Å². The van der Waals surface area contributed by atoms with Gasteiger partial charge in [-0.15, -0.1) is 0 Å². The summed E-state index contributed by atoms with van der Waals surface area (Å²) in [6.45, 7) is 6.73. The number of rotatable bonds is 13. The maximum absolute atomic E-state index is 2.54. The largest absolute Gasteiger partial charge is 0.310 e. The monoisotopic (exact) mass is 1280 g/mol. The Morgan fingerprint density at radius 3 is 0.910 bits per heavy atom. The maximum Gasteiger partial charge on any atom is 0.241 e. The number of anilines is 6. The van der Waals surface area contributed by atoms with E-state index in [0.717, 1.165) is 78.9 Å². The fourth-order valence-electron chi connectivity index (χ4n) is 16.6. The lowest BCUT2D eigenvalue weighted by atomic mass is 9.35. The number of fused-ring (bicyclic) bond motifs is 14. The van der Waals surface area contributed by atoms with Gasteiger partial charge in [0.15, 0.2) is 0 Å². The van der Waals surface area contributed by atoms with E-state index in [0.29, 0.717) is 0 Å². The zero-order chi connectivity index (χ0) is 66.5. The van der Waals surface area contributed by atoms with Crippen molar-refractivity contribution >= 4 is 144 Å². The highest BCUT2D eigenvalue weighted by molar-refractivity contribution is 6.96. The topological polar surface area (TPSA) is 26.2 Å². The highest BCUT2D eigenvalue weighted by atomic mass is 15.2. The molecule has 4 heterocycles. The van der Waals surface area contributed by atoms with Crippen molar-refractivity contribution < 1.29 is 0 Å². The molecule has 6 nitrogen and oxygen atoms in total.